The number of benzene rings is 2. The maximum Gasteiger partial charge on any atom is 0.333 e. The Bertz CT molecular complexity index is 1320. The number of ether oxygens (including phenoxy) is 1. The standard InChI is InChI=1S/C25H24F3N5O/c1-15-12-32(13-16(2)34-15)20-4-5-21(26)23(11-20)30-24-10-18(7-8-29-24)17-3-6-22-19(9-17)14-33(31-22)25(27)28/h3-11,14-16,25H,12-13H2,1-2H3,(H,29,30)/t15-,16+. The number of rotatable bonds is 5. The average molecular weight is 467 g/mol. The SMILES string of the molecule is C[C@@H]1CN(c2ccc(F)c(Nc3cc(-c4ccc5nn(C(F)F)cc5c4)ccn3)c2)C[C@H](C)O1. The molecule has 9 heteroatoms. The highest BCUT2D eigenvalue weighted by molar-refractivity contribution is 5.84. The molecule has 4 aromatic rings. The summed E-state index contributed by atoms with van der Waals surface area (Å²) in [7, 11) is 0. The lowest BCUT2D eigenvalue weighted by Gasteiger charge is -2.37. The molecular weight excluding hydrogens is 443 g/mol. The lowest BCUT2D eigenvalue weighted by Crippen LogP contribution is -2.45. The molecule has 0 spiro atoms. The van der Waals surface area contributed by atoms with Gasteiger partial charge in [-0.25, -0.2) is 14.1 Å². The van der Waals surface area contributed by atoms with Gasteiger partial charge in [-0.3, -0.25) is 0 Å². The van der Waals surface area contributed by atoms with Gasteiger partial charge in [-0.1, -0.05) is 6.07 Å². The Labute approximate surface area is 195 Å². The predicted octanol–water partition coefficient (Wildman–Crippen LogP) is 5.99. The van der Waals surface area contributed by atoms with Crippen LogP contribution in [0.15, 0.2) is 60.9 Å². The molecule has 1 saturated heterocycles. The van der Waals surface area contributed by atoms with Crippen LogP contribution in [-0.2, 0) is 4.74 Å². The van der Waals surface area contributed by atoms with E-state index in [1.54, 1.807) is 36.5 Å². The monoisotopic (exact) mass is 467 g/mol. The number of nitrogens with zero attached hydrogens (tertiary/aromatic N) is 4. The third-order valence-corrected chi connectivity index (χ3v) is 5.81. The molecule has 1 fully saturated rings. The second kappa shape index (κ2) is 8.98. The van der Waals surface area contributed by atoms with Crippen LogP contribution in [0.25, 0.3) is 22.0 Å². The van der Waals surface area contributed by atoms with Crippen LogP contribution in [0.5, 0.6) is 0 Å². The largest absolute Gasteiger partial charge is 0.372 e. The van der Waals surface area contributed by atoms with Crippen molar-refractivity contribution in [1.29, 1.82) is 0 Å². The highest BCUT2D eigenvalue weighted by Crippen LogP contribution is 2.30. The molecule has 0 bridgehead atoms. The van der Waals surface area contributed by atoms with E-state index in [2.05, 4.69) is 20.3 Å². The third kappa shape index (κ3) is 4.56. The van der Waals surface area contributed by atoms with Crippen molar-refractivity contribution in [2.24, 2.45) is 0 Å². The van der Waals surface area contributed by atoms with Gasteiger partial charge < -0.3 is 15.0 Å². The topological polar surface area (TPSA) is 55.2 Å². The number of alkyl halides is 2. The van der Waals surface area contributed by atoms with Crippen molar-refractivity contribution in [3.05, 3.63) is 66.7 Å². The van der Waals surface area contributed by atoms with Gasteiger partial charge in [-0.15, -0.1) is 0 Å². The molecule has 0 unspecified atom stereocenters. The normalized spacial score (nSPS) is 18.6. The fourth-order valence-electron chi connectivity index (χ4n) is 4.34. The number of pyridine rings is 1. The molecule has 6 nitrogen and oxygen atoms in total. The van der Waals surface area contributed by atoms with E-state index < -0.39 is 6.55 Å². The molecule has 1 aliphatic rings. The lowest BCUT2D eigenvalue weighted by atomic mass is 10.1. The third-order valence-electron chi connectivity index (χ3n) is 5.81. The van der Waals surface area contributed by atoms with E-state index in [1.807, 2.05) is 26.0 Å². The highest BCUT2D eigenvalue weighted by atomic mass is 19.3. The minimum atomic E-state index is -2.69. The average Bonchev–Trinajstić information content (AvgIpc) is 3.24. The predicted molar refractivity (Wildman–Crippen MR) is 126 cm³/mol. The Hall–Kier alpha value is -3.59. The van der Waals surface area contributed by atoms with Gasteiger partial charge in [0.25, 0.3) is 0 Å². The molecule has 0 radical (unpaired) electrons. The van der Waals surface area contributed by atoms with Crippen molar-refractivity contribution >= 4 is 28.1 Å². The Kier molecular flexibility index (Phi) is 5.87. The number of anilines is 3. The minimum Gasteiger partial charge on any atom is -0.372 e. The summed E-state index contributed by atoms with van der Waals surface area (Å²) in [6.07, 6.45) is 3.12. The summed E-state index contributed by atoms with van der Waals surface area (Å²) in [6.45, 7) is 2.82. The number of hydrogen-bond donors (Lipinski definition) is 1. The van der Waals surface area contributed by atoms with Crippen LogP contribution in [0.1, 0.15) is 20.4 Å². The van der Waals surface area contributed by atoms with Crippen LogP contribution >= 0.6 is 0 Å². The van der Waals surface area contributed by atoms with Crippen LogP contribution in [0.4, 0.5) is 30.4 Å². The van der Waals surface area contributed by atoms with E-state index in [4.69, 9.17) is 4.74 Å². The summed E-state index contributed by atoms with van der Waals surface area (Å²) in [6, 6.07) is 13.9. The quantitative estimate of drug-likeness (QED) is 0.391. The zero-order chi connectivity index (χ0) is 23.8. The fourth-order valence-corrected chi connectivity index (χ4v) is 4.34. The van der Waals surface area contributed by atoms with E-state index in [0.717, 1.165) is 29.9 Å². The van der Waals surface area contributed by atoms with Crippen LogP contribution < -0.4 is 10.2 Å². The summed E-state index contributed by atoms with van der Waals surface area (Å²) in [4.78, 5) is 6.51. The van der Waals surface area contributed by atoms with Gasteiger partial charge in [0.2, 0.25) is 0 Å². The van der Waals surface area contributed by atoms with Gasteiger partial charge in [0.1, 0.15) is 11.6 Å². The molecule has 1 aliphatic heterocycles. The van der Waals surface area contributed by atoms with Crippen LogP contribution in [0, 0.1) is 5.82 Å². The highest BCUT2D eigenvalue weighted by Gasteiger charge is 2.23. The van der Waals surface area contributed by atoms with Gasteiger partial charge in [0.15, 0.2) is 0 Å². The number of morpholine rings is 1. The number of nitrogens with one attached hydrogen (secondary N) is 1. The van der Waals surface area contributed by atoms with Gasteiger partial charge >= 0.3 is 6.55 Å². The van der Waals surface area contributed by atoms with E-state index in [9.17, 15) is 13.2 Å². The van der Waals surface area contributed by atoms with Gasteiger partial charge in [-0.05, 0) is 67.4 Å². The molecule has 5 rings (SSSR count). The maximum absolute atomic E-state index is 14.6. The van der Waals surface area contributed by atoms with E-state index in [1.165, 1.54) is 12.3 Å². The van der Waals surface area contributed by atoms with Crippen molar-refractivity contribution in [3.8, 4) is 11.1 Å². The molecule has 2 aromatic heterocycles. The van der Waals surface area contributed by atoms with Crippen molar-refractivity contribution in [1.82, 2.24) is 14.8 Å². The second-order valence-electron chi connectivity index (χ2n) is 8.54. The van der Waals surface area contributed by atoms with Crippen LogP contribution in [0.2, 0.25) is 0 Å². The first-order valence-electron chi connectivity index (χ1n) is 11.1. The minimum absolute atomic E-state index is 0.0914. The maximum atomic E-state index is 14.6. The van der Waals surface area contributed by atoms with E-state index in [-0.39, 0.29) is 18.0 Å². The molecule has 3 heterocycles. The smallest absolute Gasteiger partial charge is 0.333 e. The summed E-state index contributed by atoms with van der Waals surface area (Å²) in [5.74, 6) is 0.0896. The Morgan fingerprint density at radius 2 is 1.76 bits per heavy atom. The number of halogens is 3. The molecule has 0 amide bonds. The first-order valence-corrected chi connectivity index (χ1v) is 11.1. The van der Waals surface area contributed by atoms with Gasteiger partial charge in [-0.2, -0.15) is 13.9 Å². The Morgan fingerprint density at radius 1 is 1.00 bits per heavy atom. The number of aromatic nitrogens is 3. The molecule has 0 saturated carbocycles. The molecule has 0 aliphatic carbocycles. The first kappa shape index (κ1) is 22.2. The van der Waals surface area contributed by atoms with Crippen molar-refractivity contribution in [2.45, 2.75) is 32.6 Å². The summed E-state index contributed by atoms with van der Waals surface area (Å²) >= 11 is 0. The van der Waals surface area contributed by atoms with Crippen molar-refractivity contribution in [2.75, 3.05) is 23.3 Å². The van der Waals surface area contributed by atoms with Gasteiger partial charge in [0.05, 0.1) is 23.4 Å². The Morgan fingerprint density at radius 3 is 2.53 bits per heavy atom. The summed E-state index contributed by atoms with van der Waals surface area (Å²) < 4.78 is 47.0. The lowest BCUT2D eigenvalue weighted by molar-refractivity contribution is -0.00521. The molecule has 34 heavy (non-hydrogen) atoms. The molecule has 2 atom stereocenters. The molecule has 2 aromatic carbocycles. The van der Waals surface area contributed by atoms with Crippen LogP contribution in [0.3, 0.4) is 0 Å². The van der Waals surface area contributed by atoms with E-state index in [0.29, 0.717) is 27.1 Å². The molecule has 176 valence electrons. The van der Waals surface area contributed by atoms with E-state index >= 15 is 0 Å². The first-order chi connectivity index (χ1) is 16.4. The summed E-state index contributed by atoms with van der Waals surface area (Å²) in [5, 5.41) is 7.56. The zero-order valence-corrected chi connectivity index (χ0v) is 18.8. The Balaban J connectivity index is 1.40. The fraction of sp³-hybridized carbons (Fsp3) is 0.280. The molecule has 1 N–H and O–H groups in total. The van der Waals surface area contributed by atoms with Crippen LogP contribution in [-0.4, -0.2) is 40.1 Å². The summed E-state index contributed by atoms with van der Waals surface area (Å²) in [5.41, 5.74) is 3.35. The number of fused-ring (bicyclic) bond motifs is 1. The van der Waals surface area contributed by atoms with Crippen molar-refractivity contribution in [3.63, 3.8) is 0 Å². The number of hydrogen-bond acceptors (Lipinski definition) is 5. The molecular formula is C25H24F3N5O. The van der Waals surface area contributed by atoms with Gasteiger partial charge in [0, 0.05) is 36.6 Å². The van der Waals surface area contributed by atoms with Crippen molar-refractivity contribution < 1.29 is 17.9 Å². The second-order valence-corrected chi connectivity index (χ2v) is 8.54. The zero-order valence-electron chi connectivity index (χ0n) is 18.8.